The molecule has 0 atom stereocenters. The molecule has 1 N–H and O–H groups in total. The van der Waals surface area contributed by atoms with Crippen LogP contribution in [0.25, 0.3) is 0 Å². The first kappa shape index (κ1) is 10.3. The molecule has 0 bridgehead atoms. The van der Waals surface area contributed by atoms with Gasteiger partial charge in [-0.05, 0) is 6.92 Å². The van der Waals surface area contributed by atoms with Gasteiger partial charge in [-0.1, -0.05) is 11.6 Å². The lowest BCUT2D eigenvalue weighted by Crippen LogP contribution is -2.10. The van der Waals surface area contributed by atoms with Gasteiger partial charge in [0.25, 0.3) is 0 Å². The molecule has 4 nitrogen and oxygen atoms in total. The summed E-state index contributed by atoms with van der Waals surface area (Å²) in [5.74, 6) is 1.57. The second-order valence-electron chi connectivity index (χ2n) is 3.04. The predicted octanol–water partition coefficient (Wildman–Crippen LogP) is 0.903. The predicted molar refractivity (Wildman–Crippen MR) is 53.4 cm³/mol. The Kier molecular flexibility index (Phi) is 3.17. The lowest BCUT2D eigenvalue weighted by atomic mass is 10.6. The molecule has 0 aromatic carbocycles. The van der Waals surface area contributed by atoms with Crippen LogP contribution in [0.15, 0.2) is 0 Å². The Labute approximate surface area is 82.8 Å². The third-order valence-electron chi connectivity index (χ3n) is 1.83. The van der Waals surface area contributed by atoms with Crippen molar-refractivity contribution >= 4 is 17.4 Å². The minimum Gasteiger partial charge on any atom is -0.395 e. The monoisotopic (exact) mass is 203 g/mol. The fraction of sp³-hybridized carbons (Fsp3) is 0.625. The Balaban J connectivity index is 3.07. The van der Waals surface area contributed by atoms with E-state index in [0.29, 0.717) is 11.7 Å². The minimum atomic E-state index is 0.0732. The van der Waals surface area contributed by atoms with E-state index in [9.17, 15) is 0 Å². The van der Waals surface area contributed by atoms with Crippen molar-refractivity contribution in [3.05, 3.63) is 11.0 Å². The van der Waals surface area contributed by atoms with E-state index in [2.05, 4.69) is 4.98 Å². The van der Waals surface area contributed by atoms with Gasteiger partial charge in [0.05, 0.1) is 6.61 Å². The second kappa shape index (κ2) is 3.98. The average Bonchev–Trinajstić information content (AvgIpc) is 2.32. The fourth-order valence-electron chi connectivity index (χ4n) is 1.17. The molecule has 0 aliphatic heterocycles. The number of anilines is 1. The molecule has 0 amide bonds. The normalized spacial score (nSPS) is 10.5. The molecule has 13 heavy (non-hydrogen) atoms. The van der Waals surface area contributed by atoms with Crippen LogP contribution in [0.4, 0.5) is 5.82 Å². The summed E-state index contributed by atoms with van der Waals surface area (Å²) in [7, 11) is 3.77. The van der Waals surface area contributed by atoms with Gasteiger partial charge in [0, 0.05) is 20.6 Å². The number of hydrogen-bond donors (Lipinski definition) is 1. The zero-order valence-corrected chi connectivity index (χ0v) is 8.84. The van der Waals surface area contributed by atoms with E-state index in [4.69, 9.17) is 16.7 Å². The molecular formula is C8H14ClN3O. The van der Waals surface area contributed by atoms with Crippen LogP contribution in [0.2, 0.25) is 5.15 Å². The SMILES string of the molecule is Cc1nc(N(C)C)c(Cl)n1CCO. The molecule has 0 fully saturated rings. The third-order valence-corrected chi connectivity index (χ3v) is 2.20. The van der Waals surface area contributed by atoms with Crippen molar-refractivity contribution < 1.29 is 5.11 Å². The third kappa shape index (κ3) is 1.95. The van der Waals surface area contributed by atoms with Gasteiger partial charge in [-0.2, -0.15) is 0 Å². The van der Waals surface area contributed by atoms with E-state index >= 15 is 0 Å². The number of hydrogen-bond acceptors (Lipinski definition) is 3. The minimum absolute atomic E-state index is 0.0732. The Bertz CT molecular complexity index is 296. The number of aliphatic hydroxyl groups excluding tert-OH is 1. The molecule has 1 aromatic rings. The van der Waals surface area contributed by atoms with Gasteiger partial charge in [0.15, 0.2) is 11.0 Å². The average molecular weight is 204 g/mol. The van der Waals surface area contributed by atoms with Crippen LogP contribution in [0.1, 0.15) is 5.82 Å². The second-order valence-corrected chi connectivity index (χ2v) is 3.40. The molecule has 5 heteroatoms. The maximum Gasteiger partial charge on any atom is 0.166 e. The van der Waals surface area contributed by atoms with Crippen molar-refractivity contribution in [3.8, 4) is 0 Å². The topological polar surface area (TPSA) is 41.3 Å². The smallest absolute Gasteiger partial charge is 0.166 e. The summed E-state index contributed by atoms with van der Waals surface area (Å²) >= 11 is 6.05. The van der Waals surface area contributed by atoms with Crippen molar-refractivity contribution in [3.63, 3.8) is 0 Å². The first-order valence-corrected chi connectivity index (χ1v) is 4.46. The van der Waals surface area contributed by atoms with Crippen LogP contribution < -0.4 is 4.90 Å². The summed E-state index contributed by atoms with van der Waals surface area (Å²) in [5, 5.41) is 9.38. The highest BCUT2D eigenvalue weighted by Gasteiger charge is 2.13. The standard InChI is InChI=1S/C8H14ClN3O/c1-6-10-8(11(2)3)7(9)12(6)4-5-13/h13H,4-5H2,1-3H3. The van der Waals surface area contributed by atoms with Crippen LogP contribution in [0, 0.1) is 6.92 Å². The molecular weight excluding hydrogens is 190 g/mol. The highest BCUT2D eigenvalue weighted by atomic mass is 35.5. The number of rotatable bonds is 3. The summed E-state index contributed by atoms with van der Waals surface area (Å²) in [5.41, 5.74) is 0. The molecule has 0 spiro atoms. The van der Waals surface area contributed by atoms with Gasteiger partial charge in [-0.25, -0.2) is 4.98 Å². The lowest BCUT2D eigenvalue weighted by molar-refractivity contribution is 0.275. The van der Waals surface area contributed by atoms with Crippen LogP contribution in [-0.4, -0.2) is 35.4 Å². The van der Waals surface area contributed by atoms with E-state index in [1.807, 2.05) is 25.9 Å². The molecule has 1 rings (SSSR count). The van der Waals surface area contributed by atoms with E-state index in [1.165, 1.54) is 0 Å². The number of aromatic nitrogens is 2. The first-order chi connectivity index (χ1) is 6.07. The number of nitrogens with zero attached hydrogens (tertiary/aromatic N) is 3. The quantitative estimate of drug-likeness (QED) is 0.794. The van der Waals surface area contributed by atoms with Crippen LogP contribution in [0.5, 0.6) is 0 Å². The van der Waals surface area contributed by atoms with Gasteiger partial charge < -0.3 is 14.6 Å². The summed E-state index contributed by atoms with van der Waals surface area (Å²) in [6.07, 6.45) is 0. The van der Waals surface area contributed by atoms with Gasteiger partial charge in [-0.3, -0.25) is 0 Å². The molecule has 0 saturated heterocycles. The van der Waals surface area contributed by atoms with Gasteiger partial charge >= 0.3 is 0 Å². The number of aliphatic hydroxyl groups is 1. The van der Waals surface area contributed by atoms with Crippen molar-refractivity contribution in [1.29, 1.82) is 0 Å². The summed E-state index contributed by atoms with van der Waals surface area (Å²) in [6, 6.07) is 0. The Hall–Kier alpha value is -0.740. The lowest BCUT2D eigenvalue weighted by Gasteiger charge is -2.09. The molecule has 0 aliphatic carbocycles. The van der Waals surface area contributed by atoms with E-state index in [0.717, 1.165) is 11.6 Å². The van der Waals surface area contributed by atoms with Crippen molar-refractivity contribution in [2.75, 3.05) is 25.6 Å². The summed E-state index contributed by atoms with van der Waals surface area (Å²) in [4.78, 5) is 6.12. The molecule has 0 unspecified atom stereocenters. The molecule has 0 saturated carbocycles. The molecule has 74 valence electrons. The Morgan fingerprint density at radius 2 is 2.15 bits per heavy atom. The maximum absolute atomic E-state index is 8.80. The van der Waals surface area contributed by atoms with Crippen LogP contribution in [-0.2, 0) is 6.54 Å². The highest BCUT2D eigenvalue weighted by molar-refractivity contribution is 6.32. The van der Waals surface area contributed by atoms with Gasteiger partial charge in [0.2, 0.25) is 0 Å². The van der Waals surface area contributed by atoms with Gasteiger partial charge in [-0.15, -0.1) is 0 Å². The zero-order valence-electron chi connectivity index (χ0n) is 8.08. The fourth-order valence-corrected chi connectivity index (χ4v) is 1.59. The molecule has 1 aromatic heterocycles. The van der Waals surface area contributed by atoms with E-state index < -0.39 is 0 Å². The molecule has 1 heterocycles. The van der Waals surface area contributed by atoms with Gasteiger partial charge in [0.1, 0.15) is 5.82 Å². The maximum atomic E-state index is 8.80. The highest BCUT2D eigenvalue weighted by Crippen LogP contribution is 2.24. The van der Waals surface area contributed by atoms with E-state index in [-0.39, 0.29) is 6.61 Å². The number of halogens is 1. The van der Waals surface area contributed by atoms with Crippen molar-refractivity contribution in [2.24, 2.45) is 0 Å². The summed E-state index contributed by atoms with van der Waals surface area (Å²) < 4.78 is 1.79. The van der Waals surface area contributed by atoms with E-state index in [1.54, 1.807) is 4.57 Å². The Morgan fingerprint density at radius 1 is 1.54 bits per heavy atom. The van der Waals surface area contributed by atoms with Crippen LogP contribution in [0.3, 0.4) is 0 Å². The zero-order chi connectivity index (χ0) is 10.0. The number of imidazole rings is 1. The molecule has 0 aliphatic rings. The van der Waals surface area contributed by atoms with Crippen molar-refractivity contribution in [1.82, 2.24) is 9.55 Å². The first-order valence-electron chi connectivity index (χ1n) is 4.08. The Morgan fingerprint density at radius 3 is 2.54 bits per heavy atom. The van der Waals surface area contributed by atoms with Crippen LogP contribution >= 0.6 is 11.6 Å². The largest absolute Gasteiger partial charge is 0.395 e. The summed E-state index contributed by atoms with van der Waals surface area (Å²) in [6.45, 7) is 2.43. The molecule has 0 radical (unpaired) electrons. The van der Waals surface area contributed by atoms with Crippen molar-refractivity contribution in [2.45, 2.75) is 13.5 Å². The number of aryl methyl sites for hydroxylation is 1.